The van der Waals surface area contributed by atoms with Crippen molar-refractivity contribution in [3.8, 4) is 0 Å². The van der Waals surface area contributed by atoms with Gasteiger partial charge in [0.1, 0.15) is 5.41 Å². The Morgan fingerprint density at radius 1 is 0.585 bits per heavy atom. The van der Waals surface area contributed by atoms with Crippen molar-refractivity contribution < 1.29 is 9.59 Å². The van der Waals surface area contributed by atoms with E-state index < -0.39 is 17.2 Å². The van der Waals surface area contributed by atoms with Gasteiger partial charge in [-0.15, -0.1) is 0 Å². The lowest BCUT2D eigenvalue weighted by atomic mass is 9.80. The molecule has 41 heavy (non-hydrogen) atoms. The van der Waals surface area contributed by atoms with E-state index in [-0.39, 0.29) is 23.7 Å². The number of carbonyl (C=O) groups excluding carboxylic acids is 2. The molecule has 0 aliphatic heterocycles. The van der Waals surface area contributed by atoms with Crippen molar-refractivity contribution in [1.29, 1.82) is 0 Å². The van der Waals surface area contributed by atoms with Crippen LogP contribution in [0.25, 0.3) is 43.6 Å². The van der Waals surface area contributed by atoms with Gasteiger partial charge in [-0.2, -0.15) is 0 Å². The van der Waals surface area contributed by atoms with Crippen molar-refractivity contribution in [2.24, 2.45) is 5.41 Å². The van der Waals surface area contributed by atoms with Crippen LogP contribution in [0.4, 0.5) is 11.4 Å². The van der Waals surface area contributed by atoms with E-state index in [1.165, 1.54) is 0 Å². The number of fused-ring (bicyclic) bond motifs is 4. The van der Waals surface area contributed by atoms with Gasteiger partial charge in [0.25, 0.3) is 0 Å². The normalized spacial score (nSPS) is 11.8. The first kappa shape index (κ1) is 26.0. The van der Waals surface area contributed by atoms with E-state index in [4.69, 9.17) is 0 Å². The number of pyridine rings is 2. The number of hydrogen-bond donors (Lipinski definition) is 4. The van der Waals surface area contributed by atoms with Crippen LogP contribution in [0.3, 0.4) is 0 Å². The highest BCUT2D eigenvalue weighted by atomic mass is 16.2. The highest BCUT2D eigenvalue weighted by molar-refractivity contribution is 6.15. The van der Waals surface area contributed by atoms with Crippen molar-refractivity contribution in [3.05, 3.63) is 105 Å². The van der Waals surface area contributed by atoms with Crippen LogP contribution in [0.15, 0.2) is 94.5 Å². The van der Waals surface area contributed by atoms with Gasteiger partial charge in [0, 0.05) is 55.0 Å². The van der Waals surface area contributed by atoms with Crippen LogP contribution in [0.1, 0.15) is 26.7 Å². The lowest BCUT2D eigenvalue weighted by molar-refractivity contribution is -0.137. The van der Waals surface area contributed by atoms with Crippen molar-refractivity contribution in [3.63, 3.8) is 0 Å². The van der Waals surface area contributed by atoms with E-state index in [1.807, 2.05) is 24.3 Å². The highest BCUT2D eigenvalue weighted by Gasteiger charge is 2.42. The number of hydrogen-bond acceptors (Lipinski definition) is 4. The molecule has 4 N–H and O–H groups in total. The SMILES string of the molecule is CCC(CC)(C(=O)Nc1ccc2[nH]c3ccccc3c(=O)c2c1)C(=O)Nc1ccc2[nH]c3ccccc3c(=O)c2c1. The van der Waals surface area contributed by atoms with Gasteiger partial charge in [-0.1, -0.05) is 38.1 Å². The fourth-order valence-corrected chi connectivity index (χ4v) is 5.50. The monoisotopic (exact) mass is 544 g/mol. The number of H-pyrrole nitrogens is 2. The summed E-state index contributed by atoms with van der Waals surface area (Å²) in [6.45, 7) is 3.58. The third-order valence-corrected chi connectivity index (χ3v) is 8.00. The minimum absolute atomic E-state index is 0.139. The lowest BCUT2D eigenvalue weighted by Gasteiger charge is -2.29. The predicted octanol–water partition coefficient (Wildman–Crippen LogP) is 6.06. The van der Waals surface area contributed by atoms with E-state index in [2.05, 4.69) is 20.6 Å². The summed E-state index contributed by atoms with van der Waals surface area (Å²) in [6, 6.07) is 24.7. The second kappa shape index (κ2) is 10.1. The molecule has 0 bridgehead atoms. The Morgan fingerprint density at radius 3 is 1.39 bits per heavy atom. The van der Waals surface area contributed by atoms with Gasteiger partial charge in [-0.05, 0) is 73.5 Å². The Balaban J connectivity index is 1.30. The minimum Gasteiger partial charge on any atom is -0.354 e. The van der Waals surface area contributed by atoms with Gasteiger partial charge in [0.2, 0.25) is 11.8 Å². The molecular formula is C33H28N4O4. The van der Waals surface area contributed by atoms with Crippen LogP contribution in [-0.2, 0) is 9.59 Å². The van der Waals surface area contributed by atoms with Crippen molar-refractivity contribution in [2.45, 2.75) is 26.7 Å². The summed E-state index contributed by atoms with van der Waals surface area (Å²) >= 11 is 0. The lowest BCUT2D eigenvalue weighted by Crippen LogP contribution is -2.45. The number of para-hydroxylation sites is 2. The van der Waals surface area contributed by atoms with Gasteiger partial charge in [0.15, 0.2) is 10.9 Å². The molecule has 6 aromatic rings. The smallest absolute Gasteiger partial charge is 0.240 e. The molecule has 8 heteroatoms. The fraction of sp³-hybridized carbons (Fsp3) is 0.152. The zero-order valence-corrected chi connectivity index (χ0v) is 22.6. The first-order chi connectivity index (χ1) is 19.8. The van der Waals surface area contributed by atoms with E-state index in [1.54, 1.807) is 74.5 Å². The molecule has 0 radical (unpaired) electrons. The predicted molar refractivity (Wildman–Crippen MR) is 164 cm³/mol. The summed E-state index contributed by atoms with van der Waals surface area (Å²) in [7, 11) is 0. The van der Waals surface area contributed by atoms with E-state index in [0.717, 1.165) is 11.0 Å². The Hall–Kier alpha value is -5.24. The number of amides is 2. The molecule has 6 rings (SSSR count). The van der Waals surface area contributed by atoms with Gasteiger partial charge in [-0.3, -0.25) is 19.2 Å². The molecule has 2 amide bonds. The molecule has 0 unspecified atom stereocenters. The number of carbonyl (C=O) groups is 2. The average molecular weight is 545 g/mol. The molecule has 0 saturated heterocycles. The number of aromatic nitrogens is 2. The van der Waals surface area contributed by atoms with Crippen LogP contribution in [0.5, 0.6) is 0 Å². The molecule has 0 atom stereocenters. The van der Waals surface area contributed by atoms with Gasteiger partial charge in [0.05, 0.1) is 0 Å². The maximum atomic E-state index is 13.7. The number of aromatic amines is 2. The van der Waals surface area contributed by atoms with Crippen LogP contribution >= 0.6 is 0 Å². The molecule has 0 fully saturated rings. The zero-order valence-electron chi connectivity index (χ0n) is 22.6. The summed E-state index contributed by atoms with van der Waals surface area (Å²) in [5.74, 6) is -0.942. The van der Waals surface area contributed by atoms with Crippen LogP contribution in [0, 0.1) is 5.41 Å². The van der Waals surface area contributed by atoms with E-state index in [0.29, 0.717) is 44.0 Å². The molecule has 204 valence electrons. The second-order valence-corrected chi connectivity index (χ2v) is 10.2. The number of nitrogens with one attached hydrogen (secondary N) is 4. The molecule has 0 saturated carbocycles. The molecule has 2 heterocycles. The first-order valence-corrected chi connectivity index (χ1v) is 13.6. The molecule has 0 spiro atoms. The van der Waals surface area contributed by atoms with E-state index in [9.17, 15) is 19.2 Å². The Kier molecular flexibility index (Phi) is 6.38. The van der Waals surface area contributed by atoms with E-state index >= 15 is 0 Å². The molecule has 0 aliphatic carbocycles. The highest BCUT2D eigenvalue weighted by Crippen LogP contribution is 2.31. The topological polar surface area (TPSA) is 124 Å². The number of anilines is 2. The molecular weight excluding hydrogens is 516 g/mol. The number of rotatable bonds is 6. The minimum atomic E-state index is -1.38. The maximum absolute atomic E-state index is 13.7. The van der Waals surface area contributed by atoms with Gasteiger partial charge in [-0.25, -0.2) is 0 Å². The fourth-order valence-electron chi connectivity index (χ4n) is 5.50. The second-order valence-electron chi connectivity index (χ2n) is 10.2. The molecule has 0 aliphatic rings. The Bertz CT molecular complexity index is 1970. The molecule has 4 aromatic carbocycles. The van der Waals surface area contributed by atoms with Crippen LogP contribution in [0.2, 0.25) is 0 Å². The Morgan fingerprint density at radius 2 is 0.976 bits per heavy atom. The van der Waals surface area contributed by atoms with Crippen molar-refractivity contribution >= 4 is 66.8 Å². The molecule has 2 aromatic heterocycles. The van der Waals surface area contributed by atoms with Crippen LogP contribution in [-0.4, -0.2) is 21.8 Å². The summed E-state index contributed by atoms with van der Waals surface area (Å²) in [6.07, 6.45) is 0.498. The first-order valence-electron chi connectivity index (χ1n) is 13.6. The average Bonchev–Trinajstić information content (AvgIpc) is 2.99. The van der Waals surface area contributed by atoms with Crippen molar-refractivity contribution in [1.82, 2.24) is 9.97 Å². The summed E-state index contributed by atoms with van der Waals surface area (Å²) in [5, 5.41) is 7.74. The summed E-state index contributed by atoms with van der Waals surface area (Å²) < 4.78 is 0. The standard InChI is InChI=1S/C33H28N4O4/c1-3-33(4-2,31(40)34-19-13-15-27-23(17-19)29(38)21-9-5-7-11-25(21)36-27)32(41)35-20-14-16-28-24(18-20)30(39)22-10-6-8-12-26(22)37-28/h5-18H,3-4H2,1-2H3,(H,34,40)(H,35,41)(H,36,38)(H,37,39). The zero-order chi connectivity index (χ0) is 28.7. The van der Waals surface area contributed by atoms with Gasteiger partial charge < -0.3 is 20.6 Å². The third-order valence-electron chi connectivity index (χ3n) is 8.00. The quantitative estimate of drug-likeness (QED) is 0.150. The number of benzene rings is 4. The maximum Gasteiger partial charge on any atom is 0.240 e. The summed E-state index contributed by atoms with van der Waals surface area (Å²) in [5.41, 5.74) is 1.96. The third kappa shape index (κ3) is 4.34. The van der Waals surface area contributed by atoms with Gasteiger partial charge >= 0.3 is 0 Å². The van der Waals surface area contributed by atoms with Crippen molar-refractivity contribution in [2.75, 3.05) is 10.6 Å². The summed E-state index contributed by atoms with van der Waals surface area (Å²) in [4.78, 5) is 60.1. The van der Waals surface area contributed by atoms with Crippen LogP contribution < -0.4 is 21.5 Å². The largest absolute Gasteiger partial charge is 0.354 e. The Labute approximate surface area is 234 Å². The molecule has 8 nitrogen and oxygen atoms in total.